The van der Waals surface area contributed by atoms with E-state index in [2.05, 4.69) is 44.5 Å². The van der Waals surface area contributed by atoms with Crippen LogP contribution in [0.15, 0.2) is 24.3 Å². The summed E-state index contributed by atoms with van der Waals surface area (Å²) < 4.78 is 11.4. The number of carbonyl (C=O) groups excluding carboxylic acids is 1. The van der Waals surface area contributed by atoms with Gasteiger partial charge in [-0.2, -0.15) is 9.97 Å². The molecule has 0 bridgehead atoms. The smallest absolute Gasteiger partial charge is 0.320 e. The summed E-state index contributed by atoms with van der Waals surface area (Å²) in [5.41, 5.74) is 8.97. The predicted molar refractivity (Wildman–Crippen MR) is 126 cm³/mol. The zero-order valence-corrected chi connectivity index (χ0v) is 19.2. The van der Waals surface area contributed by atoms with Gasteiger partial charge in [-0.25, -0.2) is 0 Å². The van der Waals surface area contributed by atoms with Crippen LogP contribution in [0.3, 0.4) is 0 Å². The predicted octanol–water partition coefficient (Wildman–Crippen LogP) is 2.56. The molecule has 1 saturated heterocycles. The SMILES string of the molecule is COC1(CCOc2nc(N)c3c(n2)N(Cc2cccc(CN4CCCC4)c2)CC(=O)N3)CC1. The lowest BCUT2D eigenvalue weighted by Crippen LogP contribution is -2.39. The molecule has 33 heavy (non-hydrogen) atoms. The number of ether oxygens (including phenoxy) is 2. The van der Waals surface area contributed by atoms with Crippen LogP contribution >= 0.6 is 0 Å². The van der Waals surface area contributed by atoms with Gasteiger partial charge in [0, 0.05) is 26.6 Å². The van der Waals surface area contributed by atoms with Crippen molar-refractivity contribution in [3.8, 4) is 6.01 Å². The summed E-state index contributed by atoms with van der Waals surface area (Å²) in [5, 5.41) is 2.82. The van der Waals surface area contributed by atoms with E-state index >= 15 is 0 Å². The Morgan fingerprint density at radius 2 is 1.91 bits per heavy atom. The number of likely N-dealkylation sites (tertiary alicyclic amines) is 1. The van der Waals surface area contributed by atoms with Crippen LogP contribution in [0.25, 0.3) is 0 Å². The van der Waals surface area contributed by atoms with E-state index in [0.717, 1.165) is 44.5 Å². The first-order valence-electron chi connectivity index (χ1n) is 11.7. The zero-order chi connectivity index (χ0) is 22.8. The summed E-state index contributed by atoms with van der Waals surface area (Å²) in [7, 11) is 1.74. The molecule has 176 valence electrons. The number of methoxy groups -OCH3 is 1. The third kappa shape index (κ3) is 5.04. The zero-order valence-electron chi connectivity index (χ0n) is 19.2. The third-order valence-electron chi connectivity index (χ3n) is 6.80. The van der Waals surface area contributed by atoms with Gasteiger partial charge in [-0.3, -0.25) is 9.69 Å². The van der Waals surface area contributed by atoms with Crippen LogP contribution in [0, 0.1) is 0 Å². The van der Waals surface area contributed by atoms with E-state index < -0.39 is 0 Å². The molecule has 3 N–H and O–H groups in total. The number of aromatic nitrogens is 2. The molecule has 1 aromatic heterocycles. The third-order valence-corrected chi connectivity index (χ3v) is 6.80. The molecule has 9 heteroatoms. The van der Waals surface area contributed by atoms with Gasteiger partial charge in [-0.1, -0.05) is 24.3 Å². The summed E-state index contributed by atoms with van der Waals surface area (Å²) in [6.45, 7) is 4.49. The van der Waals surface area contributed by atoms with Crippen LogP contribution in [-0.4, -0.2) is 59.7 Å². The van der Waals surface area contributed by atoms with E-state index in [9.17, 15) is 4.79 Å². The lowest BCUT2D eigenvalue weighted by molar-refractivity contribution is -0.115. The van der Waals surface area contributed by atoms with Crippen LogP contribution < -0.4 is 20.7 Å². The first-order chi connectivity index (χ1) is 16.0. The summed E-state index contributed by atoms with van der Waals surface area (Å²) in [5.74, 6) is 0.675. The summed E-state index contributed by atoms with van der Waals surface area (Å²) in [6, 6.07) is 8.77. The molecule has 9 nitrogen and oxygen atoms in total. The molecule has 0 unspecified atom stereocenters. The topological polar surface area (TPSA) is 106 Å². The van der Waals surface area contributed by atoms with E-state index in [1.54, 1.807) is 7.11 Å². The number of benzene rings is 1. The molecular formula is C24H32N6O3. The first-order valence-corrected chi connectivity index (χ1v) is 11.7. The van der Waals surface area contributed by atoms with Crippen molar-refractivity contribution in [1.29, 1.82) is 0 Å². The maximum atomic E-state index is 12.4. The second-order valence-electron chi connectivity index (χ2n) is 9.28. The minimum atomic E-state index is -0.129. The number of nitrogens with zero attached hydrogens (tertiary/aromatic N) is 4. The molecule has 2 aliphatic heterocycles. The van der Waals surface area contributed by atoms with Gasteiger partial charge in [0.25, 0.3) is 0 Å². The number of nitrogen functional groups attached to an aromatic ring is 1. The highest BCUT2D eigenvalue weighted by molar-refractivity contribution is 6.03. The fourth-order valence-corrected chi connectivity index (χ4v) is 4.69. The molecule has 5 rings (SSSR count). The number of amides is 1. The molecule has 0 spiro atoms. The van der Waals surface area contributed by atoms with Crippen LogP contribution in [0.2, 0.25) is 0 Å². The van der Waals surface area contributed by atoms with Crippen molar-refractivity contribution in [1.82, 2.24) is 14.9 Å². The monoisotopic (exact) mass is 452 g/mol. The highest BCUT2D eigenvalue weighted by Gasteiger charge is 2.42. The molecule has 3 heterocycles. The Morgan fingerprint density at radius 3 is 2.64 bits per heavy atom. The molecule has 3 aliphatic rings. The van der Waals surface area contributed by atoms with Crippen molar-refractivity contribution in [3.63, 3.8) is 0 Å². The van der Waals surface area contributed by atoms with E-state index in [1.807, 2.05) is 4.90 Å². The highest BCUT2D eigenvalue weighted by atomic mass is 16.5. The van der Waals surface area contributed by atoms with Gasteiger partial charge < -0.3 is 25.4 Å². The van der Waals surface area contributed by atoms with Gasteiger partial charge in [0.05, 0.1) is 18.8 Å². The number of carbonyl (C=O) groups is 1. The minimum absolute atomic E-state index is 0.0557. The van der Waals surface area contributed by atoms with Crippen molar-refractivity contribution >= 4 is 23.2 Å². The van der Waals surface area contributed by atoms with Crippen LogP contribution in [-0.2, 0) is 22.6 Å². The first kappa shape index (κ1) is 21.9. The van der Waals surface area contributed by atoms with E-state index in [0.29, 0.717) is 24.7 Å². The molecule has 2 fully saturated rings. The lowest BCUT2D eigenvalue weighted by atomic mass is 10.1. The van der Waals surface area contributed by atoms with Gasteiger partial charge in [-0.05, 0) is 49.9 Å². The molecule has 2 aromatic rings. The fourth-order valence-electron chi connectivity index (χ4n) is 4.69. The van der Waals surface area contributed by atoms with E-state index in [-0.39, 0.29) is 29.9 Å². The number of nitrogens with one attached hydrogen (secondary N) is 1. The Bertz CT molecular complexity index is 1020. The molecule has 0 radical (unpaired) electrons. The standard InChI is InChI=1S/C24H32N6O3/c1-32-24(7-8-24)9-12-33-23-27-21(25)20-22(28-23)30(16-19(31)26-20)15-18-6-4-5-17(13-18)14-29-10-2-3-11-29/h4-6,13H,2-3,7-12,14-16H2,1H3,(H,26,31)(H2,25,27,28). The average molecular weight is 453 g/mol. The quantitative estimate of drug-likeness (QED) is 0.598. The summed E-state index contributed by atoms with van der Waals surface area (Å²) in [4.78, 5) is 25.6. The number of anilines is 3. The maximum absolute atomic E-state index is 12.4. The summed E-state index contributed by atoms with van der Waals surface area (Å²) in [6.07, 6.45) is 5.44. The van der Waals surface area contributed by atoms with Crippen molar-refractivity contribution < 1.29 is 14.3 Å². The van der Waals surface area contributed by atoms with Crippen molar-refractivity contribution in [2.45, 2.75) is 50.8 Å². The number of rotatable bonds is 9. The largest absolute Gasteiger partial charge is 0.463 e. The Labute approximate surface area is 194 Å². The Hall–Kier alpha value is -2.91. The number of hydrogen-bond donors (Lipinski definition) is 2. The van der Waals surface area contributed by atoms with Gasteiger partial charge in [0.1, 0.15) is 5.69 Å². The van der Waals surface area contributed by atoms with Gasteiger partial charge in [-0.15, -0.1) is 0 Å². The fraction of sp³-hybridized carbons (Fsp3) is 0.542. The van der Waals surface area contributed by atoms with Crippen LogP contribution in [0.4, 0.5) is 17.3 Å². The molecular weight excluding hydrogens is 420 g/mol. The van der Waals surface area contributed by atoms with E-state index in [1.165, 1.54) is 18.4 Å². The Morgan fingerprint density at radius 1 is 1.15 bits per heavy atom. The molecule has 1 amide bonds. The maximum Gasteiger partial charge on any atom is 0.320 e. The van der Waals surface area contributed by atoms with Gasteiger partial charge in [0.2, 0.25) is 5.91 Å². The Kier molecular flexibility index (Phi) is 6.07. The highest BCUT2D eigenvalue weighted by Crippen LogP contribution is 2.42. The van der Waals surface area contributed by atoms with Crippen molar-refractivity contribution in [3.05, 3.63) is 35.4 Å². The number of nitrogens with two attached hydrogens (primary N) is 1. The number of fused-ring (bicyclic) bond motifs is 1. The molecule has 1 saturated carbocycles. The van der Waals surface area contributed by atoms with Crippen LogP contribution in [0.5, 0.6) is 6.01 Å². The van der Waals surface area contributed by atoms with Crippen LogP contribution in [0.1, 0.15) is 43.2 Å². The van der Waals surface area contributed by atoms with Crippen molar-refractivity contribution in [2.24, 2.45) is 0 Å². The number of hydrogen-bond acceptors (Lipinski definition) is 8. The second-order valence-corrected chi connectivity index (χ2v) is 9.28. The Balaban J connectivity index is 1.31. The lowest BCUT2D eigenvalue weighted by Gasteiger charge is -2.30. The second kappa shape index (κ2) is 9.15. The van der Waals surface area contributed by atoms with Gasteiger partial charge >= 0.3 is 6.01 Å². The van der Waals surface area contributed by atoms with Crippen molar-refractivity contribution in [2.75, 3.05) is 49.3 Å². The van der Waals surface area contributed by atoms with Gasteiger partial charge in [0.15, 0.2) is 11.6 Å². The molecule has 0 atom stereocenters. The molecule has 1 aliphatic carbocycles. The summed E-state index contributed by atoms with van der Waals surface area (Å²) >= 11 is 0. The minimum Gasteiger partial charge on any atom is -0.463 e. The average Bonchev–Trinajstić information content (AvgIpc) is 3.40. The normalized spacial score (nSPS) is 19.3. The molecule has 1 aromatic carbocycles. The van der Waals surface area contributed by atoms with E-state index in [4.69, 9.17) is 15.2 Å².